The minimum absolute atomic E-state index is 0.156. The van der Waals surface area contributed by atoms with Crippen LogP contribution in [0.2, 0.25) is 0 Å². The van der Waals surface area contributed by atoms with Crippen molar-refractivity contribution in [2.24, 2.45) is 5.92 Å². The van der Waals surface area contributed by atoms with Gasteiger partial charge in [0.15, 0.2) is 0 Å². The Hall–Kier alpha value is -2.37. The van der Waals surface area contributed by atoms with E-state index in [0.29, 0.717) is 12.7 Å². The van der Waals surface area contributed by atoms with Crippen molar-refractivity contribution < 1.29 is 19.1 Å². The molecule has 0 bridgehead atoms. The fraction of sp³-hybridized carbons (Fsp3) is 0.526. The fourth-order valence-corrected chi connectivity index (χ4v) is 2.24. The van der Waals surface area contributed by atoms with Crippen molar-refractivity contribution in [3.63, 3.8) is 0 Å². The molecular weight excluding hydrogens is 320 g/mol. The maximum absolute atomic E-state index is 12.5. The van der Waals surface area contributed by atoms with Crippen LogP contribution >= 0.6 is 0 Å². The topological polar surface area (TPSA) is 84.5 Å². The lowest BCUT2D eigenvalue weighted by Crippen LogP contribution is -2.53. The summed E-state index contributed by atoms with van der Waals surface area (Å²) in [5.74, 6) is -0.564. The Bertz CT molecular complexity index is 579. The zero-order chi connectivity index (χ0) is 19.0. The number of alkyl carbamates (subject to hydrolysis) is 1. The average Bonchev–Trinajstić information content (AvgIpc) is 2.50. The number of carbonyl (C=O) groups excluding carboxylic acids is 3. The smallest absolute Gasteiger partial charge is 0.408 e. The van der Waals surface area contributed by atoms with Gasteiger partial charge in [-0.25, -0.2) is 4.79 Å². The average molecular weight is 348 g/mol. The largest absolute Gasteiger partial charge is 0.444 e. The first-order valence-corrected chi connectivity index (χ1v) is 8.41. The Morgan fingerprint density at radius 3 is 2.20 bits per heavy atom. The van der Waals surface area contributed by atoms with Crippen LogP contribution in [0, 0.1) is 5.92 Å². The van der Waals surface area contributed by atoms with Crippen molar-refractivity contribution in [3.8, 4) is 0 Å². The molecule has 2 amide bonds. The van der Waals surface area contributed by atoms with E-state index in [4.69, 9.17) is 4.74 Å². The number of rotatable bonds is 7. The molecule has 0 heterocycles. The second-order valence-electron chi connectivity index (χ2n) is 7.31. The summed E-state index contributed by atoms with van der Waals surface area (Å²) < 4.78 is 5.20. The van der Waals surface area contributed by atoms with Crippen LogP contribution in [0.15, 0.2) is 30.3 Å². The third-order valence-corrected chi connectivity index (χ3v) is 3.41. The molecule has 0 spiro atoms. The molecule has 0 saturated heterocycles. The van der Waals surface area contributed by atoms with Gasteiger partial charge in [-0.1, -0.05) is 44.2 Å². The Morgan fingerprint density at radius 1 is 1.12 bits per heavy atom. The fourth-order valence-electron chi connectivity index (χ4n) is 2.24. The summed E-state index contributed by atoms with van der Waals surface area (Å²) in [5.41, 5.74) is 0.293. The number of carbonyl (C=O) groups is 3. The number of aldehydes is 1. The zero-order valence-electron chi connectivity index (χ0n) is 15.5. The summed E-state index contributed by atoms with van der Waals surface area (Å²) in [6.45, 7) is 8.88. The number of hydrogen-bond acceptors (Lipinski definition) is 4. The first-order valence-electron chi connectivity index (χ1n) is 8.41. The summed E-state index contributed by atoms with van der Waals surface area (Å²) in [5, 5.41) is 5.26. The summed E-state index contributed by atoms with van der Waals surface area (Å²) in [4.78, 5) is 35.8. The lowest BCUT2D eigenvalue weighted by atomic mass is 10.0. The Kier molecular flexibility index (Phi) is 7.61. The normalized spacial score (nSPS) is 13.7. The van der Waals surface area contributed by atoms with E-state index in [2.05, 4.69) is 10.6 Å². The van der Waals surface area contributed by atoms with Crippen LogP contribution in [0.3, 0.4) is 0 Å². The van der Waals surface area contributed by atoms with Crippen LogP contribution in [-0.4, -0.2) is 36.0 Å². The van der Waals surface area contributed by atoms with Gasteiger partial charge in [0.25, 0.3) is 0 Å². The molecule has 25 heavy (non-hydrogen) atoms. The second kappa shape index (κ2) is 9.20. The molecule has 1 aromatic carbocycles. The molecule has 6 nitrogen and oxygen atoms in total. The molecule has 1 unspecified atom stereocenters. The van der Waals surface area contributed by atoms with Crippen LogP contribution in [0.25, 0.3) is 0 Å². The van der Waals surface area contributed by atoms with Crippen LogP contribution in [0.1, 0.15) is 40.2 Å². The lowest BCUT2D eigenvalue weighted by molar-refractivity contribution is -0.126. The molecule has 0 aliphatic rings. The van der Waals surface area contributed by atoms with E-state index in [9.17, 15) is 14.4 Å². The van der Waals surface area contributed by atoms with Crippen molar-refractivity contribution >= 4 is 18.3 Å². The molecule has 6 heteroatoms. The summed E-state index contributed by atoms with van der Waals surface area (Å²) in [7, 11) is 0. The predicted molar refractivity (Wildman–Crippen MR) is 96.1 cm³/mol. The van der Waals surface area contributed by atoms with Gasteiger partial charge in [-0.2, -0.15) is 0 Å². The minimum Gasteiger partial charge on any atom is -0.444 e. The lowest BCUT2D eigenvalue weighted by Gasteiger charge is -2.26. The Labute approximate surface area is 149 Å². The van der Waals surface area contributed by atoms with E-state index >= 15 is 0 Å². The number of hydrogen-bond donors (Lipinski definition) is 2. The van der Waals surface area contributed by atoms with E-state index < -0.39 is 29.7 Å². The van der Waals surface area contributed by atoms with E-state index in [0.717, 1.165) is 5.56 Å². The summed E-state index contributed by atoms with van der Waals surface area (Å²) >= 11 is 0. The summed E-state index contributed by atoms with van der Waals surface area (Å²) in [6.07, 6.45) is 0.440. The maximum atomic E-state index is 12.5. The first kappa shape index (κ1) is 20.7. The van der Waals surface area contributed by atoms with Crippen molar-refractivity contribution in [3.05, 3.63) is 35.9 Å². The van der Waals surface area contributed by atoms with Gasteiger partial charge in [-0.15, -0.1) is 0 Å². The van der Waals surface area contributed by atoms with Gasteiger partial charge in [0.1, 0.15) is 17.9 Å². The maximum Gasteiger partial charge on any atom is 0.408 e. The van der Waals surface area contributed by atoms with Gasteiger partial charge in [-0.3, -0.25) is 4.79 Å². The van der Waals surface area contributed by atoms with Gasteiger partial charge < -0.3 is 20.2 Å². The molecule has 2 N–H and O–H groups in total. The predicted octanol–water partition coefficient (Wildman–Crippen LogP) is 2.46. The van der Waals surface area contributed by atoms with Gasteiger partial charge in [0, 0.05) is 0 Å². The second-order valence-corrected chi connectivity index (χ2v) is 7.31. The molecule has 1 rings (SSSR count). The van der Waals surface area contributed by atoms with Crippen molar-refractivity contribution in [2.45, 2.75) is 58.7 Å². The molecule has 0 fully saturated rings. The third-order valence-electron chi connectivity index (χ3n) is 3.41. The number of benzene rings is 1. The number of ether oxygens (including phenoxy) is 1. The van der Waals surface area contributed by atoms with Crippen molar-refractivity contribution in [1.82, 2.24) is 10.6 Å². The molecular formula is C19H28N2O4. The van der Waals surface area contributed by atoms with E-state index in [1.165, 1.54) is 0 Å². The van der Waals surface area contributed by atoms with Crippen LogP contribution in [0.4, 0.5) is 4.79 Å². The van der Waals surface area contributed by atoms with E-state index in [1.807, 2.05) is 44.2 Å². The zero-order valence-corrected chi connectivity index (χ0v) is 15.5. The SMILES string of the molecule is CC(C)[C@H](NC(=O)OC(C)(C)C)C(=O)NC(C=O)Cc1ccccc1. The van der Waals surface area contributed by atoms with Crippen LogP contribution < -0.4 is 10.6 Å². The highest BCUT2D eigenvalue weighted by atomic mass is 16.6. The highest BCUT2D eigenvalue weighted by Crippen LogP contribution is 2.09. The standard InChI is InChI=1S/C19H28N2O4/c1-13(2)16(21-18(24)25-19(3,4)5)17(23)20-15(12-22)11-14-9-7-6-8-10-14/h6-10,12-13,15-16H,11H2,1-5H3,(H,20,23)(H,21,24)/t15?,16-/m0/s1. The highest BCUT2D eigenvalue weighted by Gasteiger charge is 2.28. The third kappa shape index (κ3) is 7.83. The Balaban J connectivity index is 2.71. The molecule has 0 aromatic heterocycles. The van der Waals surface area contributed by atoms with E-state index in [1.54, 1.807) is 20.8 Å². The van der Waals surface area contributed by atoms with Crippen LogP contribution in [-0.2, 0) is 20.7 Å². The first-order chi connectivity index (χ1) is 11.6. The quantitative estimate of drug-likeness (QED) is 0.741. The molecule has 138 valence electrons. The highest BCUT2D eigenvalue weighted by molar-refractivity contribution is 5.87. The monoisotopic (exact) mass is 348 g/mol. The van der Waals surface area contributed by atoms with Gasteiger partial charge in [0.05, 0.1) is 6.04 Å². The van der Waals surface area contributed by atoms with Gasteiger partial charge in [0.2, 0.25) is 5.91 Å². The van der Waals surface area contributed by atoms with E-state index in [-0.39, 0.29) is 5.92 Å². The Morgan fingerprint density at radius 2 is 1.72 bits per heavy atom. The number of nitrogens with one attached hydrogen (secondary N) is 2. The molecule has 1 aromatic rings. The molecule has 0 aliphatic heterocycles. The van der Waals surface area contributed by atoms with Crippen molar-refractivity contribution in [2.75, 3.05) is 0 Å². The minimum atomic E-state index is -0.784. The van der Waals surface area contributed by atoms with Gasteiger partial charge >= 0.3 is 6.09 Å². The number of amides is 2. The summed E-state index contributed by atoms with van der Waals surface area (Å²) in [6, 6.07) is 7.98. The molecule has 0 saturated carbocycles. The molecule has 0 aliphatic carbocycles. The van der Waals surface area contributed by atoms with Crippen LogP contribution in [0.5, 0.6) is 0 Å². The molecule has 0 radical (unpaired) electrons. The van der Waals surface area contributed by atoms with Gasteiger partial charge in [-0.05, 0) is 38.7 Å². The molecule has 2 atom stereocenters. The van der Waals surface area contributed by atoms with Crippen molar-refractivity contribution in [1.29, 1.82) is 0 Å².